The summed E-state index contributed by atoms with van der Waals surface area (Å²) in [7, 11) is 1.50. The molecule has 2 fully saturated rings. The third-order valence-corrected chi connectivity index (χ3v) is 5.44. The Kier molecular flexibility index (Phi) is 6.55. The average Bonchev–Trinajstić information content (AvgIpc) is 2.72. The lowest BCUT2D eigenvalue weighted by Gasteiger charge is -2.40. The highest BCUT2D eigenvalue weighted by Crippen LogP contribution is 2.29. The Bertz CT molecular complexity index is 665. The van der Waals surface area contributed by atoms with Gasteiger partial charge < -0.3 is 25.0 Å². The summed E-state index contributed by atoms with van der Waals surface area (Å²) < 4.78 is 10.6. The molecule has 0 unspecified atom stereocenters. The molecule has 2 N–H and O–H groups in total. The third kappa shape index (κ3) is 4.91. The number of nitrogens with zero attached hydrogens (tertiary/aromatic N) is 2. The number of piperidine rings is 2. The number of nitrogens with two attached hydrogens (primary N) is 1. The largest absolute Gasteiger partial charge is 0.493 e. The van der Waals surface area contributed by atoms with Crippen molar-refractivity contribution in [1.29, 1.82) is 0 Å². The van der Waals surface area contributed by atoms with E-state index in [-0.39, 0.29) is 12.5 Å². The number of benzene rings is 1. The number of methoxy groups -OCH3 is 1. The minimum atomic E-state index is -0.561. The van der Waals surface area contributed by atoms with Gasteiger partial charge in [-0.05, 0) is 57.0 Å². The van der Waals surface area contributed by atoms with Crippen LogP contribution in [0.15, 0.2) is 18.2 Å². The van der Waals surface area contributed by atoms with E-state index in [9.17, 15) is 9.59 Å². The van der Waals surface area contributed by atoms with Gasteiger partial charge in [0.05, 0.1) is 7.11 Å². The number of ether oxygens (including phenoxy) is 2. The van der Waals surface area contributed by atoms with Gasteiger partial charge in [0.2, 0.25) is 0 Å². The van der Waals surface area contributed by atoms with Gasteiger partial charge >= 0.3 is 0 Å². The van der Waals surface area contributed by atoms with Crippen molar-refractivity contribution in [1.82, 2.24) is 9.80 Å². The van der Waals surface area contributed by atoms with Gasteiger partial charge in [-0.2, -0.15) is 0 Å². The zero-order valence-corrected chi connectivity index (χ0v) is 16.0. The Balaban J connectivity index is 1.59. The van der Waals surface area contributed by atoms with E-state index in [0.717, 1.165) is 25.9 Å². The third-order valence-electron chi connectivity index (χ3n) is 5.44. The molecule has 2 amide bonds. The lowest BCUT2D eigenvalue weighted by Crippen LogP contribution is -2.48. The predicted molar refractivity (Wildman–Crippen MR) is 102 cm³/mol. The summed E-state index contributed by atoms with van der Waals surface area (Å²) in [6.45, 7) is 3.73. The number of rotatable bonds is 6. The van der Waals surface area contributed by atoms with E-state index in [1.165, 1.54) is 39.5 Å². The Labute approximate surface area is 160 Å². The number of primary amides is 1. The standard InChI is InChI=1S/C20H29N3O4/c1-26-18-13-15(5-6-17(18)27-14-19(21)24)20(25)23-11-7-16(8-12-23)22-9-3-2-4-10-22/h5-6,13,16H,2-4,7-12,14H2,1H3,(H2,21,24). The maximum absolute atomic E-state index is 12.9. The van der Waals surface area contributed by atoms with Crippen LogP contribution < -0.4 is 15.2 Å². The van der Waals surface area contributed by atoms with Gasteiger partial charge in [0.25, 0.3) is 11.8 Å². The molecule has 0 spiro atoms. The van der Waals surface area contributed by atoms with Crippen LogP contribution in [0, 0.1) is 0 Å². The van der Waals surface area contributed by atoms with Gasteiger partial charge in [-0.25, -0.2) is 0 Å². The monoisotopic (exact) mass is 375 g/mol. The molecule has 7 heteroatoms. The van der Waals surface area contributed by atoms with Crippen molar-refractivity contribution in [2.24, 2.45) is 5.73 Å². The summed E-state index contributed by atoms with van der Waals surface area (Å²) in [5.74, 6) is 0.266. The number of likely N-dealkylation sites (tertiary alicyclic amines) is 2. The van der Waals surface area contributed by atoms with E-state index in [1.54, 1.807) is 18.2 Å². The highest BCUT2D eigenvalue weighted by Gasteiger charge is 2.28. The molecule has 3 rings (SSSR count). The van der Waals surface area contributed by atoms with Crippen LogP contribution in [-0.4, -0.2) is 67.6 Å². The number of hydrogen-bond acceptors (Lipinski definition) is 5. The van der Waals surface area contributed by atoms with Crippen molar-refractivity contribution in [2.45, 2.75) is 38.1 Å². The first kappa shape index (κ1) is 19.5. The fourth-order valence-electron chi connectivity index (χ4n) is 3.97. The molecular formula is C20H29N3O4. The zero-order valence-electron chi connectivity index (χ0n) is 16.0. The molecule has 1 aromatic rings. The molecule has 0 aromatic heterocycles. The number of carbonyl (C=O) groups is 2. The molecule has 148 valence electrons. The van der Waals surface area contributed by atoms with Crippen molar-refractivity contribution in [3.63, 3.8) is 0 Å². The molecule has 2 saturated heterocycles. The van der Waals surface area contributed by atoms with E-state index >= 15 is 0 Å². The topological polar surface area (TPSA) is 85.1 Å². The molecule has 0 bridgehead atoms. The average molecular weight is 375 g/mol. The highest BCUT2D eigenvalue weighted by molar-refractivity contribution is 5.95. The molecule has 1 aromatic carbocycles. The summed E-state index contributed by atoms with van der Waals surface area (Å²) in [6.07, 6.45) is 5.99. The summed E-state index contributed by atoms with van der Waals surface area (Å²) in [5, 5.41) is 0. The van der Waals surface area contributed by atoms with Gasteiger partial charge in [-0.15, -0.1) is 0 Å². The molecule has 2 heterocycles. The fraction of sp³-hybridized carbons (Fsp3) is 0.600. The van der Waals surface area contributed by atoms with Gasteiger partial charge in [0, 0.05) is 24.7 Å². The Morgan fingerprint density at radius 3 is 2.41 bits per heavy atom. The van der Waals surface area contributed by atoms with Crippen LogP contribution in [-0.2, 0) is 4.79 Å². The highest BCUT2D eigenvalue weighted by atomic mass is 16.5. The number of carbonyl (C=O) groups excluding carboxylic acids is 2. The van der Waals surface area contributed by atoms with Crippen molar-refractivity contribution in [3.05, 3.63) is 23.8 Å². The van der Waals surface area contributed by atoms with Crippen LogP contribution in [0.1, 0.15) is 42.5 Å². The molecule has 0 saturated carbocycles. The van der Waals surface area contributed by atoms with Gasteiger partial charge in [0.15, 0.2) is 18.1 Å². The zero-order chi connectivity index (χ0) is 19.2. The minimum Gasteiger partial charge on any atom is -0.493 e. The van der Waals surface area contributed by atoms with E-state index in [2.05, 4.69) is 4.90 Å². The van der Waals surface area contributed by atoms with Crippen molar-refractivity contribution in [2.75, 3.05) is 39.9 Å². The Morgan fingerprint density at radius 2 is 1.78 bits per heavy atom. The van der Waals surface area contributed by atoms with Crippen LogP contribution in [0.4, 0.5) is 0 Å². The molecule has 0 atom stereocenters. The molecule has 27 heavy (non-hydrogen) atoms. The quantitative estimate of drug-likeness (QED) is 0.817. The van der Waals surface area contributed by atoms with Crippen molar-refractivity contribution in [3.8, 4) is 11.5 Å². The second-order valence-electron chi connectivity index (χ2n) is 7.24. The second kappa shape index (κ2) is 9.08. The van der Waals surface area contributed by atoms with Crippen LogP contribution in [0.5, 0.6) is 11.5 Å². The van der Waals surface area contributed by atoms with Gasteiger partial charge in [0.1, 0.15) is 0 Å². The van der Waals surface area contributed by atoms with Gasteiger partial charge in [-0.3, -0.25) is 9.59 Å². The maximum atomic E-state index is 12.9. The maximum Gasteiger partial charge on any atom is 0.255 e. The fourth-order valence-corrected chi connectivity index (χ4v) is 3.97. The van der Waals surface area contributed by atoms with E-state index in [0.29, 0.717) is 23.1 Å². The van der Waals surface area contributed by atoms with Crippen LogP contribution >= 0.6 is 0 Å². The molecular weight excluding hydrogens is 346 g/mol. The summed E-state index contributed by atoms with van der Waals surface area (Å²) in [6, 6.07) is 5.62. The second-order valence-corrected chi connectivity index (χ2v) is 7.24. The SMILES string of the molecule is COc1cc(C(=O)N2CCC(N3CCCCC3)CC2)ccc1OCC(N)=O. The first-order valence-corrected chi connectivity index (χ1v) is 9.71. The first-order valence-electron chi connectivity index (χ1n) is 9.71. The normalized spacial score (nSPS) is 18.9. The molecule has 7 nitrogen and oxygen atoms in total. The molecule has 2 aliphatic rings. The first-order chi connectivity index (χ1) is 13.1. The van der Waals surface area contributed by atoms with Crippen LogP contribution in [0.25, 0.3) is 0 Å². The number of amides is 2. The Hall–Kier alpha value is -2.28. The molecule has 0 radical (unpaired) electrons. The van der Waals surface area contributed by atoms with Crippen LogP contribution in [0.2, 0.25) is 0 Å². The lowest BCUT2D eigenvalue weighted by atomic mass is 9.99. The molecule has 2 aliphatic heterocycles. The summed E-state index contributed by atoms with van der Waals surface area (Å²) >= 11 is 0. The van der Waals surface area contributed by atoms with E-state index in [4.69, 9.17) is 15.2 Å². The lowest BCUT2D eigenvalue weighted by molar-refractivity contribution is -0.119. The minimum absolute atomic E-state index is 0.00634. The smallest absolute Gasteiger partial charge is 0.255 e. The van der Waals surface area contributed by atoms with Crippen molar-refractivity contribution >= 4 is 11.8 Å². The van der Waals surface area contributed by atoms with Crippen molar-refractivity contribution < 1.29 is 19.1 Å². The predicted octanol–water partition coefficient (Wildman–Crippen LogP) is 1.65. The molecule has 0 aliphatic carbocycles. The van der Waals surface area contributed by atoms with E-state index < -0.39 is 5.91 Å². The summed E-state index contributed by atoms with van der Waals surface area (Å²) in [4.78, 5) is 28.3. The van der Waals surface area contributed by atoms with Crippen LogP contribution in [0.3, 0.4) is 0 Å². The Morgan fingerprint density at radius 1 is 1.07 bits per heavy atom. The number of hydrogen-bond donors (Lipinski definition) is 1. The summed E-state index contributed by atoms with van der Waals surface area (Å²) in [5.41, 5.74) is 5.67. The van der Waals surface area contributed by atoms with Gasteiger partial charge in [-0.1, -0.05) is 6.42 Å². The van der Waals surface area contributed by atoms with E-state index in [1.807, 2.05) is 4.90 Å².